The van der Waals surface area contributed by atoms with Crippen molar-refractivity contribution < 1.29 is 4.79 Å². The van der Waals surface area contributed by atoms with Crippen LogP contribution in [0.5, 0.6) is 0 Å². The molecule has 1 aliphatic carbocycles. The quantitative estimate of drug-likeness (QED) is 0.896. The predicted molar refractivity (Wildman–Crippen MR) is 79.7 cm³/mol. The summed E-state index contributed by atoms with van der Waals surface area (Å²) in [6.07, 6.45) is 5.77. The van der Waals surface area contributed by atoms with Crippen LogP contribution in [0.15, 0.2) is 18.2 Å². The highest BCUT2D eigenvalue weighted by atomic mass is 35.5. The zero-order chi connectivity index (χ0) is 14.4. The lowest BCUT2D eigenvalue weighted by Crippen LogP contribution is -2.39. The number of anilines is 1. The largest absolute Gasteiger partial charge is 0.375 e. The molecule has 0 aromatic heterocycles. The minimum atomic E-state index is -0.0321. The number of hydrogen-bond donors (Lipinski definition) is 2. The molecule has 0 spiro atoms. The van der Waals surface area contributed by atoms with Gasteiger partial charge in [0.1, 0.15) is 0 Å². The molecule has 0 heterocycles. The van der Waals surface area contributed by atoms with E-state index in [0.29, 0.717) is 22.3 Å². The van der Waals surface area contributed by atoms with E-state index in [2.05, 4.69) is 10.6 Å². The van der Waals surface area contributed by atoms with Crippen molar-refractivity contribution in [3.63, 3.8) is 0 Å². The van der Waals surface area contributed by atoms with Gasteiger partial charge in [-0.05, 0) is 31.0 Å². The van der Waals surface area contributed by atoms with Crippen molar-refractivity contribution in [3.05, 3.63) is 28.8 Å². The number of rotatable bonds is 4. The normalized spacial score (nSPS) is 15.4. The fourth-order valence-corrected chi connectivity index (χ4v) is 2.62. The predicted octanol–water partition coefficient (Wildman–Crippen LogP) is 3.07. The van der Waals surface area contributed by atoms with Crippen LogP contribution in [0.2, 0.25) is 5.02 Å². The minimum absolute atomic E-state index is 0.0321. The Morgan fingerprint density at radius 1 is 1.35 bits per heavy atom. The van der Waals surface area contributed by atoms with E-state index in [1.54, 1.807) is 18.2 Å². The Labute approximate surface area is 124 Å². The lowest BCUT2D eigenvalue weighted by molar-refractivity contribution is -0.120. The van der Waals surface area contributed by atoms with Gasteiger partial charge < -0.3 is 10.6 Å². The maximum atomic E-state index is 11.9. The molecular formula is C15H18ClN3O. The molecule has 0 saturated heterocycles. The molecule has 4 nitrogen and oxygen atoms in total. The highest BCUT2D eigenvalue weighted by Gasteiger charge is 2.15. The molecule has 20 heavy (non-hydrogen) atoms. The fraction of sp³-hybridized carbons (Fsp3) is 0.467. The van der Waals surface area contributed by atoms with E-state index in [-0.39, 0.29) is 12.5 Å². The molecular weight excluding hydrogens is 274 g/mol. The van der Waals surface area contributed by atoms with E-state index in [0.717, 1.165) is 12.8 Å². The molecule has 0 bridgehead atoms. The van der Waals surface area contributed by atoms with Gasteiger partial charge in [-0.25, -0.2) is 0 Å². The zero-order valence-corrected chi connectivity index (χ0v) is 12.0. The summed E-state index contributed by atoms with van der Waals surface area (Å²) in [5.74, 6) is -0.0321. The van der Waals surface area contributed by atoms with Gasteiger partial charge in [0.2, 0.25) is 5.91 Å². The molecule has 1 aromatic rings. The van der Waals surface area contributed by atoms with Gasteiger partial charge in [0.05, 0.1) is 28.9 Å². The van der Waals surface area contributed by atoms with E-state index < -0.39 is 0 Å². The van der Waals surface area contributed by atoms with E-state index in [9.17, 15) is 4.79 Å². The van der Waals surface area contributed by atoms with Gasteiger partial charge in [-0.15, -0.1) is 0 Å². The van der Waals surface area contributed by atoms with Crippen LogP contribution in [0.4, 0.5) is 5.69 Å². The van der Waals surface area contributed by atoms with Crippen LogP contribution in [0.3, 0.4) is 0 Å². The lowest BCUT2D eigenvalue weighted by atomic mass is 9.95. The number of halogens is 1. The maximum absolute atomic E-state index is 11.9. The number of nitrogens with one attached hydrogen (secondary N) is 2. The molecule has 1 fully saturated rings. The second-order valence-electron chi connectivity index (χ2n) is 5.06. The van der Waals surface area contributed by atoms with Crippen LogP contribution < -0.4 is 10.6 Å². The van der Waals surface area contributed by atoms with Gasteiger partial charge in [0.25, 0.3) is 0 Å². The van der Waals surface area contributed by atoms with Crippen LogP contribution >= 0.6 is 11.6 Å². The summed E-state index contributed by atoms with van der Waals surface area (Å²) >= 11 is 6.02. The Morgan fingerprint density at radius 2 is 2.10 bits per heavy atom. The number of nitrogens with zero attached hydrogens (tertiary/aromatic N) is 1. The second-order valence-corrected chi connectivity index (χ2v) is 5.47. The number of carbonyl (C=O) groups excluding carboxylic acids is 1. The van der Waals surface area contributed by atoms with Crippen LogP contribution in [0.25, 0.3) is 0 Å². The third-order valence-corrected chi connectivity index (χ3v) is 3.83. The van der Waals surface area contributed by atoms with E-state index in [1.165, 1.54) is 19.3 Å². The molecule has 2 N–H and O–H groups in total. The molecule has 1 amide bonds. The van der Waals surface area contributed by atoms with Crippen molar-refractivity contribution in [3.8, 4) is 6.07 Å². The van der Waals surface area contributed by atoms with Crippen LogP contribution in [0, 0.1) is 11.3 Å². The van der Waals surface area contributed by atoms with Crippen LogP contribution in [0.1, 0.15) is 37.7 Å². The fourth-order valence-electron chi connectivity index (χ4n) is 2.43. The molecule has 0 aliphatic heterocycles. The first-order chi connectivity index (χ1) is 9.69. The highest BCUT2D eigenvalue weighted by molar-refractivity contribution is 6.33. The first-order valence-electron chi connectivity index (χ1n) is 6.92. The average molecular weight is 292 g/mol. The smallest absolute Gasteiger partial charge is 0.239 e. The second kappa shape index (κ2) is 7.16. The zero-order valence-electron chi connectivity index (χ0n) is 11.3. The van der Waals surface area contributed by atoms with Gasteiger partial charge in [-0.1, -0.05) is 30.9 Å². The summed E-state index contributed by atoms with van der Waals surface area (Å²) in [6, 6.07) is 7.31. The third-order valence-electron chi connectivity index (χ3n) is 3.51. The summed E-state index contributed by atoms with van der Waals surface area (Å²) in [4.78, 5) is 11.9. The third kappa shape index (κ3) is 4.14. The first-order valence-corrected chi connectivity index (χ1v) is 7.29. The molecule has 0 radical (unpaired) electrons. The maximum Gasteiger partial charge on any atom is 0.239 e. The number of carbonyl (C=O) groups is 1. The standard InChI is InChI=1S/C15H18ClN3O/c16-13-7-6-11(9-17)8-14(13)18-10-15(20)19-12-4-2-1-3-5-12/h6-8,12,18H,1-5,10H2,(H,19,20). The number of hydrogen-bond acceptors (Lipinski definition) is 3. The summed E-state index contributed by atoms with van der Waals surface area (Å²) in [7, 11) is 0. The van der Waals surface area contributed by atoms with Crippen molar-refractivity contribution in [2.24, 2.45) is 0 Å². The van der Waals surface area contributed by atoms with Gasteiger partial charge in [-0.3, -0.25) is 4.79 Å². The molecule has 1 aliphatic rings. The first kappa shape index (κ1) is 14.7. The molecule has 0 unspecified atom stereocenters. The minimum Gasteiger partial charge on any atom is -0.375 e. The van der Waals surface area contributed by atoms with Crippen molar-refractivity contribution in [1.29, 1.82) is 5.26 Å². The van der Waals surface area contributed by atoms with Gasteiger partial charge in [0.15, 0.2) is 0 Å². The summed E-state index contributed by atoms with van der Waals surface area (Å²) in [5.41, 5.74) is 1.13. The molecule has 5 heteroatoms. The molecule has 2 rings (SSSR count). The van der Waals surface area contributed by atoms with Gasteiger partial charge in [0, 0.05) is 6.04 Å². The summed E-state index contributed by atoms with van der Waals surface area (Å²) in [5, 5.41) is 15.4. The molecule has 1 aromatic carbocycles. The van der Waals surface area contributed by atoms with Crippen molar-refractivity contribution in [2.75, 3.05) is 11.9 Å². The lowest BCUT2D eigenvalue weighted by Gasteiger charge is -2.23. The van der Waals surface area contributed by atoms with Crippen LogP contribution in [-0.4, -0.2) is 18.5 Å². The van der Waals surface area contributed by atoms with Gasteiger partial charge in [-0.2, -0.15) is 5.26 Å². The van der Waals surface area contributed by atoms with Crippen LogP contribution in [-0.2, 0) is 4.79 Å². The molecule has 0 atom stereocenters. The van der Waals surface area contributed by atoms with Crippen molar-refractivity contribution in [2.45, 2.75) is 38.1 Å². The topological polar surface area (TPSA) is 64.9 Å². The Balaban J connectivity index is 1.85. The number of benzene rings is 1. The van der Waals surface area contributed by atoms with Gasteiger partial charge >= 0.3 is 0 Å². The number of amides is 1. The average Bonchev–Trinajstić information content (AvgIpc) is 2.47. The monoisotopic (exact) mass is 291 g/mol. The SMILES string of the molecule is N#Cc1ccc(Cl)c(NCC(=O)NC2CCCCC2)c1. The summed E-state index contributed by atoms with van der Waals surface area (Å²) in [6.45, 7) is 0.172. The van der Waals surface area contributed by atoms with E-state index in [1.807, 2.05) is 6.07 Å². The summed E-state index contributed by atoms with van der Waals surface area (Å²) < 4.78 is 0. The van der Waals surface area contributed by atoms with Crippen molar-refractivity contribution >= 4 is 23.2 Å². The Kier molecular flexibility index (Phi) is 5.25. The Bertz CT molecular complexity index is 518. The molecule has 1 saturated carbocycles. The number of nitriles is 1. The van der Waals surface area contributed by atoms with E-state index >= 15 is 0 Å². The Morgan fingerprint density at radius 3 is 2.80 bits per heavy atom. The van der Waals surface area contributed by atoms with E-state index in [4.69, 9.17) is 16.9 Å². The highest BCUT2D eigenvalue weighted by Crippen LogP contribution is 2.22. The Hall–Kier alpha value is -1.73. The van der Waals surface area contributed by atoms with Crippen molar-refractivity contribution in [1.82, 2.24) is 5.32 Å². The molecule has 106 valence electrons.